The Bertz CT molecular complexity index is 1310. The first-order valence-corrected chi connectivity index (χ1v) is 13.4. The Morgan fingerprint density at radius 3 is 2.39 bits per heavy atom. The first-order chi connectivity index (χ1) is 18.3. The van der Waals surface area contributed by atoms with Gasteiger partial charge in [0.05, 0.1) is 19.3 Å². The van der Waals surface area contributed by atoms with E-state index < -0.39 is 0 Å². The first kappa shape index (κ1) is 26.0. The lowest BCUT2D eigenvalue weighted by Crippen LogP contribution is -2.51. The van der Waals surface area contributed by atoms with Crippen molar-refractivity contribution in [1.82, 2.24) is 14.9 Å². The van der Waals surface area contributed by atoms with Crippen LogP contribution in [0.5, 0.6) is 5.75 Å². The summed E-state index contributed by atoms with van der Waals surface area (Å²) in [5.74, 6) is 2.21. The zero-order chi connectivity index (χ0) is 27.0. The maximum absolute atomic E-state index is 13.8. The number of benzene rings is 2. The molecule has 0 aliphatic carbocycles. The number of likely N-dealkylation sites (N-methyl/N-ethyl adjacent to an activating group) is 1. The molecule has 38 heavy (non-hydrogen) atoms. The lowest BCUT2D eigenvalue weighted by molar-refractivity contribution is 0.248. The SMILES string of the molecule is COc1cc(N2CCN(C)CC2)ccc1Cc1ncc2c(n1)N(C(C)C)C(=O)N(c1c(C)cccc1C)C2. The summed E-state index contributed by atoms with van der Waals surface area (Å²) in [5, 5.41) is 0. The predicted molar refractivity (Wildman–Crippen MR) is 153 cm³/mol. The number of carbonyl (C=O) groups excluding carboxylic acids is 1. The van der Waals surface area contributed by atoms with Crippen molar-refractivity contribution >= 4 is 23.2 Å². The van der Waals surface area contributed by atoms with Crippen molar-refractivity contribution in [2.45, 2.75) is 46.7 Å². The van der Waals surface area contributed by atoms with E-state index in [1.807, 2.05) is 57.0 Å². The van der Waals surface area contributed by atoms with Crippen LogP contribution in [0.15, 0.2) is 42.6 Å². The van der Waals surface area contributed by atoms with Crippen LogP contribution >= 0.6 is 0 Å². The summed E-state index contributed by atoms with van der Waals surface area (Å²) in [4.78, 5) is 31.8. The standard InChI is InChI=1S/C30H38N6O2/c1-20(2)36-29-24(19-35(30(36)37)28-21(3)8-7-9-22(28)4)18-31-27(32-29)16-23-10-11-25(17-26(23)38-6)34-14-12-33(5)13-15-34/h7-11,17-18,20H,12-16,19H2,1-6H3. The number of piperazine rings is 1. The monoisotopic (exact) mass is 514 g/mol. The molecule has 200 valence electrons. The number of aryl methyl sites for hydroxylation is 2. The van der Waals surface area contributed by atoms with Crippen molar-refractivity contribution < 1.29 is 9.53 Å². The van der Waals surface area contributed by atoms with Gasteiger partial charge in [0.2, 0.25) is 0 Å². The molecule has 1 fully saturated rings. The Hall–Kier alpha value is -3.65. The molecule has 0 N–H and O–H groups in total. The minimum absolute atomic E-state index is 0.0477. The third-order valence-electron chi connectivity index (χ3n) is 7.60. The average molecular weight is 515 g/mol. The van der Waals surface area contributed by atoms with Gasteiger partial charge >= 0.3 is 6.03 Å². The Kier molecular flexibility index (Phi) is 7.25. The largest absolute Gasteiger partial charge is 0.496 e. The highest BCUT2D eigenvalue weighted by Gasteiger charge is 2.35. The number of nitrogens with zero attached hydrogens (tertiary/aromatic N) is 6. The normalized spacial score (nSPS) is 16.3. The summed E-state index contributed by atoms with van der Waals surface area (Å²) in [5.41, 5.74) is 6.27. The molecule has 2 aliphatic heterocycles. The van der Waals surface area contributed by atoms with Crippen LogP contribution in [0, 0.1) is 13.8 Å². The van der Waals surface area contributed by atoms with Crippen LogP contribution < -0.4 is 19.4 Å². The molecule has 1 aromatic heterocycles. The summed E-state index contributed by atoms with van der Waals surface area (Å²) in [6.07, 6.45) is 2.41. The molecule has 5 rings (SSSR count). The lowest BCUT2D eigenvalue weighted by atomic mass is 10.1. The Morgan fingerprint density at radius 1 is 1.03 bits per heavy atom. The fourth-order valence-electron chi connectivity index (χ4n) is 5.48. The van der Waals surface area contributed by atoms with Crippen molar-refractivity contribution in [3.63, 3.8) is 0 Å². The number of hydrogen-bond donors (Lipinski definition) is 0. The highest BCUT2D eigenvalue weighted by Crippen LogP contribution is 2.35. The first-order valence-electron chi connectivity index (χ1n) is 13.4. The number of aromatic nitrogens is 2. The van der Waals surface area contributed by atoms with Crippen molar-refractivity contribution in [3.8, 4) is 5.75 Å². The van der Waals surface area contributed by atoms with E-state index in [4.69, 9.17) is 14.7 Å². The van der Waals surface area contributed by atoms with Gasteiger partial charge in [-0.2, -0.15) is 0 Å². The molecule has 0 radical (unpaired) electrons. The Labute approximate surface area is 225 Å². The Balaban J connectivity index is 1.43. The van der Waals surface area contributed by atoms with E-state index in [0.29, 0.717) is 24.6 Å². The van der Waals surface area contributed by atoms with Gasteiger partial charge in [0.15, 0.2) is 0 Å². The summed E-state index contributed by atoms with van der Waals surface area (Å²) >= 11 is 0. The molecule has 0 unspecified atom stereocenters. The van der Waals surface area contributed by atoms with E-state index >= 15 is 0 Å². The van der Waals surface area contributed by atoms with E-state index in [-0.39, 0.29) is 12.1 Å². The van der Waals surface area contributed by atoms with Crippen LogP contribution in [0.25, 0.3) is 0 Å². The fourth-order valence-corrected chi connectivity index (χ4v) is 5.48. The number of methoxy groups -OCH3 is 1. The zero-order valence-corrected chi connectivity index (χ0v) is 23.4. The molecule has 0 saturated carbocycles. The van der Waals surface area contributed by atoms with Crippen LogP contribution in [0.1, 0.15) is 41.9 Å². The second kappa shape index (κ2) is 10.6. The number of urea groups is 1. The van der Waals surface area contributed by atoms with Gasteiger partial charge in [-0.25, -0.2) is 14.8 Å². The average Bonchev–Trinajstić information content (AvgIpc) is 2.89. The molecule has 2 amide bonds. The molecule has 2 aromatic carbocycles. The minimum Gasteiger partial charge on any atom is -0.496 e. The van der Waals surface area contributed by atoms with Gasteiger partial charge in [0, 0.05) is 67.7 Å². The van der Waals surface area contributed by atoms with Gasteiger partial charge in [0.25, 0.3) is 0 Å². The van der Waals surface area contributed by atoms with Crippen molar-refractivity contribution in [2.75, 3.05) is 55.0 Å². The van der Waals surface area contributed by atoms with E-state index in [1.165, 1.54) is 5.69 Å². The third kappa shape index (κ3) is 4.92. The molecule has 0 spiro atoms. The van der Waals surface area contributed by atoms with Crippen LogP contribution in [0.2, 0.25) is 0 Å². The van der Waals surface area contributed by atoms with E-state index in [0.717, 1.165) is 59.9 Å². The van der Waals surface area contributed by atoms with Crippen LogP contribution in [-0.2, 0) is 13.0 Å². The van der Waals surface area contributed by atoms with E-state index in [2.05, 4.69) is 35.0 Å². The number of carbonyl (C=O) groups is 1. The number of ether oxygens (including phenoxy) is 1. The van der Waals surface area contributed by atoms with Gasteiger partial charge in [-0.1, -0.05) is 24.3 Å². The topological polar surface area (TPSA) is 65.0 Å². The van der Waals surface area contributed by atoms with Gasteiger partial charge < -0.3 is 14.5 Å². The molecule has 2 aliphatic rings. The minimum atomic E-state index is -0.0522. The van der Waals surface area contributed by atoms with Crippen LogP contribution in [-0.4, -0.2) is 67.3 Å². The van der Waals surface area contributed by atoms with Crippen molar-refractivity contribution in [2.24, 2.45) is 0 Å². The highest BCUT2D eigenvalue weighted by atomic mass is 16.5. The van der Waals surface area contributed by atoms with Gasteiger partial charge in [-0.05, 0) is 51.9 Å². The number of para-hydroxylation sites is 1. The van der Waals surface area contributed by atoms with Gasteiger partial charge in [0.1, 0.15) is 17.4 Å². The van der Waals surface area contributed by atoms with Crippen molar-refractivity contribution in [1.29, 1.82) is 0 Å². The van der Waals surface area contributed by atoms with Gasteiger partial charge in [-0.15, -0.1) is 0 Å². The molecule has 3 heterocycles. The number of anilines is 3. The van der Waals surface area contributed by atoms with Crippen LogP contribution in [0.4, 0.5) is 22.0 Å². The third-order valence-corrected chi connectivity index (χ3v) is 7.60. The molecule has 0 bridgehead atoms. The number of rotatable bonds is 6. The fraction of sp³-hybridized carbons (Fsp3) is 0.433. The summed E-state index contributed by atoms with van der Waals surface area (Å²) in [7, 11) is 3.87. The molecular weight excluding hydrogens is 476 g/mol. The van der Waals surface area contributed by atoms with E-state index in [1.54, 1.807) is 12.0 Å². The van der Waals surface area contributed by atoms with Crippen molar-refractivity contribution in [3.05, 3.63) is 70.7 Å². The quantitative estimate of drug-likeness (QED) is 0.471. The molecule has 8 nitrogen and oxygen atoms in total. The van der Waals surface area contributed by atoms with Gasteiger partial charge in [-0.3, -0.25) is 9.80 Å². The second-order valence-electron chi connectivity index (χ2n) is 10.7. The molecule has 3 aromatic rings. The maximum Gasteiger partial charge on any atom is 0.330 e. The lowest BCUT2D eigenvalue weighted by Gasteiger charge is -2.39. The number of fused-ring (bicyclic) bond motifs is 1. The summed E-state index contributed by atoms with van der Waals surface area (Å²) in [6, 6.07) is 12.4. The van der Waals surface area contributed by atoms with Crippen LogP contribution in [0.3, 0.4) is 0 Å². The number of hydrogen-bond acceptors (Lipinski definition) is 6. The molecule has 1 saturated heterocycles. The molecular formula is C30H38N6O2. The molecule has 0 atom stereocenters. The Morgan fingerprint density at radius 2 is 1.74 bits per heavy atom. The summed E-state index contributed by atoms with van der Waals surface area (Å²) in [6.45, 7) is 12.7. The molecule has 8 heteroatoms. The highest BCUT2D eigenvalue weighted by molar-refractivity contribution is 6.06. The number of amides is 2. The maximum atomic E-state index is 13.8. The smallest absolute Gasteiger partial charge is 0.330 e. The second-order valence-corrected chi connectivity index (χ2v) is 10.7. The predicted octanol–water partition coefficient (Wildman–Crippen LogP) is 4.80. The van der Waals surface area contributed by atoms with E-state index in [9.17, 15) is 4.79 Å². The zero-order valence-electron chi connectivity index (χ0n) is 23.4. The summed E-state index contributed by atoms with van der Waals surface area (Å²) < 4.78 is 5.78.